The third kappa shape index (κ3) is 3.24. The quantitative estimate of drug-likeness (QED) is 0.638. The molecule has 5 nitrogen and oxygen atoms in total. The van der Waals surface area contributed by atoms with E-state index in [4.69, 9.17) is 9.15 Å². The Labute approximate surface area is 137 Å². The maximum absolute atomic E-state index is 13.7. The smallest absolute Gasteiger partial charge is 0.200 e. The summed E-state index contributed by atoms with van der Waals surface area (Å²) < 4.78 is 26.0. The van der Waals surface area contributed by atoms with Gasteiger partial charge in [0.2, 0.25) is 0 Å². The largest absolute Gasteiger partial charge is 0.494 e. The minimum absolute atomic E-state index is 0.246. The fourth-order valence-corrected chi connectivity index (χ4v) is 3.16. The zero-order chi connectivity index (χ0) is 16.2. The van der Waals surface area contributed by atoms with Gasteiger partial charge in [-0.1, -0.05) is 17.8 Å². The predicted molar refractivity (Wildman–Crippen MR) is 85.9 cm³/mol. The summed E-state index contributed by atoms with van der Waals surface area (Å²) in [6, 6.07) is 8.62. The van der Waals surface area contributed by atoms with Crippen LogP contribution in [0.15, 0.2) is 46.2 Å². The van der Waals surface area contributed by atoms with Crippen molar-refractivity contribution in [3.8, 4) is 17.3 Å². The van der Waals surface area contributed by atoms with E-state index in [0.29, 0.717) is 17.3 Å². The summed E-state index contributed by atoms with van der Waals surface area (Å²) in [6.45, 7) is 2.75. The fourth-order valence-electron chi connectivity index (χ4n) is 2.22. The highest BCUT2D eigenvalue weighted by atomic mass is 32.2. The molecule has 0 saturated heterocycles. The van der Waals surface area contributed by atoms with Crippen LogP contribution in [0.5, 0.6) is 5.75 Å². The molecule has 0 aliphatic rings. The molecule has 0 atom stereocenters. The number of benzene rings is 1. The average Bonchev–Trinajstić information content (AvgIpc) is 3.21. The molecule has 1 aromatic carbocycles. The highest BCUT2D eigenvalue weighted by Crippen LogP contribution is 2.27. The number of thioether (sulfide) groups is 1. The van der Waals surface area contributed by atoms with Crippen LogP contribution in [-0.2, 0) is 12.3 Å². The van der Waals surface area contributed by atoms with Crippen molar-refractivity contribution in [2.24, 2.45) is 0 Å². The fraction of sp³-hybridized carbons (Fsp3) is 0.250. The van der Waals surface area contributed by atoms with Gasteiger partial charge in [0.15, 0.2) is 28.3 Å². The molecule has 0 fully saturated rings. The van der Waals surface area contributed by atoms with Crippen molar-refractivity contribution in [2.45, 2.75) is 24.4 Å². The van der Waals surface area contributed by atoms with Crippen LogP contribution >= 0.6 is 11.8 Å². The highest BCUT2D eigenvalue weighted by Gasteiger charge is 2.15. The number of nitrogens with zero attached hydrogens (tertiary/aromatic N) is 3. The Kier molecular flexibility index (Phi) is 4.66. The van der Waals surface area contributed by atoms with E-state index in [2.05, 4.69) is 10.2 Å². The number of methoxy groups -OCH3 is 1. The zero-order valence-corrected chi connectivity index (χ0v) is 13.6. The third-order valence-electron chi connectivity index (χ3n) is 3.36. The summed E-state index contributed by atoms with van der Waals surface area (Å²) in [5.74, 6) is 1.86. The lowest BCUT2D eigenvalue weighted by Gasteiger charge is -2.07. The van der Waals surface area contributed by atoms with E-state index in [1.54, 1.807) is 12.3 Å². The molecule has 0 aliphatic heterocycles. The van der Waals surface area contributed by atoms with Gasteiger partial charge in [-0.05, 0) is 36.8 Å². The molecule has 0 N–H and O–H groups in total. The Hall–Kier alpha value is -2.28. The first-order chi connectivity index (χ1) is 11.2. The van der Waals surface area contributed by atoms with Crippen LogP contribution in [0.1, 0.15) is 12.5 Å². The second kappa shape index (κ2) is 6.87. The number of furan rings is 1. The summed E-state index contributed by atoms with van der Waals surface area (Å²) in [7, 11) is 1.45. The lowest BCUT2D eigenvalue weighted by Crippen LogP contribution is -1.99. The highest BCUT2D eigenvalue weighted by molar-refractivity contribution is 7.98. The van der Waals surface area contributed by atoms with Crippen molar-refractivity contribution in [3.63, 3.8) is 0 Å². The number of hydrogen-bond donors (Lipinski definition) is 0. The molecule has 7 heteroatoms. The lowest BCUT2D eigenvalue weighted by atomic mass is 10.2. The van der Waals surface area contributed by atoms with Crippen LogP contribution < -0.4 is 4.74 Å². The van der Waals surface area contributed by atoms with Crippen LogP contribution in [0.3, 0.4) is 0 Å². The summed E-state index contributed by atoms with van der Waals surface area (Å²) in [5.41, 5.74) is 0.860. The van der Waals surface area contributed by atoms with Gasteiger partial charge in [-0.15, -0.1) is 10.2 Å². The molecule has 0 radical (unpaired) electrons. The van der Waals surface area contributed by atoms with Gasteiger partial charge in [-0.25, -0.2) is 4.39 Å². The molecule has 0 saturated carbocycles. The van der Waals surface area contributed by atoms with Gasteiger partial charge >= 0.3 is 0 Å². The third-order valence-corrected chi connectivity index (χ3v) is 4.40. The standard InChI is InChI=1S/C16H16FN3O2S/c1-3-20-15(14-5-4-8-22-14)18-19-16(20)23-10-11-6-7-13(21-2)12(17)9-11/h4-9H,3,10H2,1-2H3. The molecule has 120 valence electrons. The first kappa shape index (κ1) is 15.6. The Morgan fingerprint density at radius 2 is 2.17 bits per heavy atom. The molecule has 0 amide bonds. The molecule has 0 unspecified atom stereocenters. The molecule has 0 spiro atoms. The SMILES string of the molecule is CCn1c(SCc2ccc(OC)c(F)c2)nnc1-c1ccco1. The van der Waals surface area contributed by atoms with Gasteiger partial charge in [-0.2, -0.15) is 0 Å². The van der Waals surface area contributed by atoms with E-state index in [-0.39, 0.29) is 11.6 Å². The van der Waals surface area contributed by atoms with Crippen molar-refractivity contribution in [2.75, 3.05) is 7.11 Å². The molecule has 2 aromatic heterocycles. The first-order valence-electron chi connectivity index (χ1n) is 7.15. The van der Waals surface area contributed by atoms with E-state index in [0.717, 1.165) is 17.3 Å². The second-order valence-corrected chi connectivity index (χ2v) is 5.73. The van der Waals surface area contributed by atoms with Crippen molar-refractivity contribution in [1.82, 2.24) is 14.8 Å². The van der Waals surface area contributed by atoms with Gasteiger partial charge in [0.1, 0.15) is 0 Å². The minimum atomic E-state index is -0.362. The second-order valence-electron chi connectivity index (χ2n) is 4.79. The van der Waals surface area contributed by atoms with Crippen LogP contribution in [0.4, 0.5) is 4.39 Å². The van der Waals surface area contributed by atoms with Gasteiger partial charge < -0.3 is 9.15 Å². The molecular weight excluding hydrogens is 317 g/mol. The van der Waals surface area contributed by atoms with Gasteiger partial charge in [-0.3, -0.25) is 4.57 Å². The first-order valence-corrected chi connectivity index (χ1v) is 8.13. The Balaban J connectivity index is 1.77. The maximum Gasteiger partial charge on any atom is 0.200 e. The van der Waals surface area contributed by atoms with Crippen molar-refractivity contribution in [1.29, 1.82) is 0 Å². The Bertz CT molecular complexity index is 787. The summed E-state index contributed by atoms with van der Waals surface area (Å²) in [6.07, 6.45) is 1.61. The van der Waals surface area contributed by atoms with E-state index >= 15 is 0 Å². The number of hydrogen-bond acceptors (Lipinski definition) is 5. The molecule has 0 aliphatic carbocycles. The Morgan fingerprint density at radius 1 is 1.30 bits per heavy atom. The van der Waals surface area contributed by atoms with Gasteiger partial charge in [0.05, 0.1) is 13.4 Å². The van der Waals surface area contributed by atoms with Crippen LogP contribution in [0.25, 0.3) is 11.6 Å². The number of halogens is 1. The van der Waals surface area contributed by atoms with E-state index < -0.39 is 0 Å². The average molecular weight is 333 g/mol. The molecule has 3 aromatic rings. The molecule has 0 bridgehead atoms. The van der Waals surface area contributed by atoms with E-state index in [9.17, 15) is 4.39 Å². The molecule has 23 heavy (non-hydrogen) atoms. The topological polar surface area (TPSA) is 53.1 Å². The van der Waals surface area contributed by atoms with Gasteiger partial charge in [0.25, 0.3) is 0 Å². The summed E-state index contributed by atoms with van der Waals surface area (Å²) >= 11 is 1.51. The van der Waals surface area contributed by atoms with Crippen molar-refractivity contribution in [3.05, 3.63) is 48.0 Å². The molecule has 3 rings (SSSR count). The maximum atomic E-state index is 13.7. The predicted octanol–water partition coefficient (Wildman–Crippen LogP) is 4.00. The van der Waals surface area contributed by atoms with Crippen LogP contribution in [0, 0.1) is 5.82 Å². The van der Waals surface area contributed by atoms with Crippen molar-refractivity contribution < 1.29 is 13.5 Å². The number of ether oxygens (including phenoxy) is 1. The van der Waals surface area contributed by atoms with Gasteiger partial charge in [0, 0.05) is 12.3 Å². The normalized spacial score (nSPS) is 10.9. The van der Waals surface area contributed by atoms with Crippen LogP contribution in [0.2, 0.25) is 0 Å². The van der Waals surface area contributed by atoms with E-state index in [1.807, 2.05) is 29.7 Å². The Morgan fingerprint density at radius 3 is 2.83 bits per heavy atom. The molecular formula is C16H16FN3O2S. The lowest BCUT2D eigenvalue weighted by molar-refractivity contribution is 0.386. The minimum Gasteiger partial charge on any atom is -0.494 e. The summed E-state index contributed by atoms with van der Waals surface area (Å²) in [5, 5.41) is 9.18. The van der Waals surface area contributed by atoms with E-state index in [1.165, 1.54) is 24.9 Å². The van der Waals surface area contributed by atoms with Crippen molar-refractivity contribution >= 4 is 11.8 Å². The monoisotopic (exact) mass is 333 g/mol. The van der Waals surface area contributed by atoms with Crippen LogP contribution in [-0.4, -0.2) is 21.9 Å². The molecule has 2 heterocycles. The zero-order valence-electron chi connectivity index (χ0n) is 12.8. The number of rotatable bonds is 6. The number of aromatic nitrogens is 3. The summed E-state index contributed by atoms with van der Waals surface area (Å²) in [4.78, 5) is 0.